The van der Waals surface area contributed by atoms with E-state index >= 15 is 0 Å². The Morgan fingerprint density at radius 1 is 1.21 bits per heavy atom. The lowest BCUT2D eigenvalue weighted by Crippen LogP contribution is -2.26. The largest absolute Gasteiger partial charge is 0.360 e. The second-order valence-corrected chi connectivity index (χ2v) is 5.63. The molecule has 2 aliphatic heterocycles. The maximum absolute atomic E-state index is 11.9. The van der Waals surface area contributed by atoms with Crippen LogP contribution in [0.25, 0.3) is 0 Å². The third-order valence-electron chi connectivity index (χ3n) is 3.83. The first-order valence-corrected chi connectivity index (χ1v) is 6.72. The van der Waals surface area contributed by atoms with Crippen molar-refractivity contribution < 1.29 is 4.79 Å². The van der Waals surface area contributed by atoms with E-state index in [0.717, 1.165) is 29.0 Å². The fraction of sp³-hybridized carbons (Fsp3) is 0.400. The molecule has 1 amide bonds. The molecule has 2 heterocycles. The van der Waals surface area contributed by atoms with Crippen molar-refractivity contribution >= 4 is 23.0 Å². The topological polar surface area (TPSA) is 53.2 Å². The average Bonchev–Trinajstić information content (AvgIpc) is 2.85. The van der Waals surface area contributed by atoms with E-state index in [1.54, 1.807) is 0 Å². The number of rotatable bonds is 2. The molecular weight excluding hydrogens is 238 g/mol. The summed E-state index contributed by atoms with van der Waals surface area (Å²) in [4.78, 5) is 11.9. The quantitative estimate of drug-likeness (QED) is 0.714. The van der Waals surface area contributed by atoms with Gasteiger partial charge in [0.15, 0.2) is 0 Å². The Balaban J connectivity index is 1.94. The number of hydrogen-bond donors (Lipinski definition) is 3. The van der Waals surface area contributed by atoms with Gasteiger partial charge in [-0.15, -0.1) is 0 Å². The zero-order valence-electron chi connectivity index (χ0n) is 11.5. The van der Waals surface area contributed by atoms with Crippen molar-refractivity contribution in [1.29, 1.82) is 0 Å². The van der Waals surface area contributed by atoms with E-state index in [0.29, 0.717) is 0 Å². The van der Waals surface area contributed by atoms with E-state index in [9.17, 15) is 4.79 Å². The van der Waals surface area contributed by atoms with Crippen molar-refractivity contribution in [3.8, 4) is 0 Å². The molecule has 0 radical (unpaired) electrons. The van der Waals surface area contributed by atoms with Crippen LogP contribution in [0, 0.1) is 0 Å². The van der Waals surface area contributed by atoms with E-state index in [1.165, 1.54) is 0 Å². The van der Waals surface area contributed by atoms with Crippen molar-refractivity contribution in [2.24, 2.45) is 0 Å². The second-order valence-electron chi connectivity index (χ2n) is 5.63. The van der Waals surface area contributed by atoms with Gasteiger partial charge in [0.25, 0.3) is 0 Å². The molecule has 0 saturated heterocycles. The summed E-state index contributed by atoms with van der Waals surface area (Å²) >= 11 is 0. The summed E-state index contributed by atoms with van der Waals surface area (Å²) in [6.07, 6.45) is 5.41. The van der Waals surface area contributed by atoms with Gasteiger partial charge in [-0.25, -0.2) is 0 Å². The van der Waals surface area contributed by atoms with Gasteiger partial charge in [0.05, 0.1) is 16.8 Å². The van der Waals surface area contributed by atoms with Gasteiger partial charge in [0, 0.05) is 5.69 Å². The first-order valence-electron chi connectivity index (χ1n) is 6.72. The molecular formula is C15H19N3O. The van der Waals surface area contributed by atoms with Gasteiger partial charge in [-0.2, -0.15) is 0 Å². The van der Waals surface area contributed by atoms with E-state index in [2.05, 4.69) is 41.1 Å². The van der Waals surface area contributed by atoms with Gasteiger partial charge in [0.2, 0.25) is 5.91 Å². The molecule has 100 valence electrons. The van der Waals surface area contributed by atoms with Crippen LogP contribution >= 0.6 is 0 Å². The predicted molar refractivity (Wildman–Crippen MR) is 78.6 cm³/mol. The van der Waals surface area contributed by atoms with E-state index < -0.39 is 5.41 Å². The molecule has 1 aromatic carbocycles. The number of amides is 1. The third-order valence-corrected chi connectivity index (χ3v) is 3.83. The number of carbonyl (C=O) groups excluding carboxylic acids is 1. The third kappa shape index (κ3) is 1.79. The number of fused-ring (bicyclic) bond motifs is 2. The van der Waals surface area contributed by atoms with Crippen LogP contribution in [0.1, 0.15) is 32.8 Å². The van der Waals surface area contributed by atoms with Gasteiger partial charge < -0.3 is 16.0 Å². The lowest BCUT2D eigenvalue weighted by Gasteiger charge is -2.15. The molecule has 0 saturated carbocycles. The number of anilines is 3. The van der Waals surface area contributed by atoms with Crippen molar-refractivity contribution in [3.63, 3.8) is 0 Å². The Hall–Kier alpha value is -1.97. The maximum atomic E-state index is 11.9. The highest BCUT2D eigenvalue weighted by Gasteiger charge is 2.39. The molecule has 0 bridgehead atoms. The molecule has 1 aromatic rings. The lowest BCUT2D eigenvalue weighted by atomic mass is 9.86. The SMILES string of the molecule is CCC=CC1Nc2cc3c(cc2N1)C(C)(C)C(=O)N3. The van der Waals surface area contributed by atoms with Crippen LogP contribution in [0.2, 0.25) is 0 Å². The molecule has 2 aliphatic rings. The summed E-state index contributed by atoms with van der Waals surface area (Å²) in [5.74, 6) is 0.0635. The minimum absolute atomic E-state index is 0.0635. The van der Waals surface area contributed by atoms with Crippen molar-refractivity contribution in [1.82, 2.24) is 0 Å². The molecule has 0 aromatic heterocycles. The van der Waals surface area contributed by atoms with Crippen LogP contribution in [0.5, 0.6) is 0 Å². The van der Waals surface area contributed by atoms with Crippen LogP contribution in [-0.4, -0.2) is 12.1 Å². The summed E-state index contributed by atoms with van der Waals surface area (Å²) in [5, 5.41) is 9.76. The Bertz CT molecular complexity index is 575. The molecule has 3 N–H and O–H groups in total. The minimum Gasteiger partial charge on any atom is -0.360 e. The fourth-order valence-corrected chi connectivity index (χ4v) is 2.60. The predicted octanol–water partition coefficient (Wildman–Crippen LogP) is 3.05. The molecule has 4 nitrogen and oxygen atoms in total. The molecule has 19 heavy (non-hydrogen) atoms. The van der Waals surface area contributed by atoms with Gasteiger partial charge >= 0.3 is 0 Å². The highest BCUT2D eigenvalue weighted by atomic mass is 16.2. The molecule has 0 fully saturated rings. The monoisotopic (exact) mass is 257 g/mol. The highest BCUT2D eigenvalue weighted by molar-refractivity contribution is 6.07. The minimum atomic E-state index is -0.455. The zero-order chi connectivity index (χ0) is 13.6. The highest BCUT2D eigenvalue weighted by Crippen LogP contribution is 2.43. The normalized spacial score (nSPS) is 22.7. The van der Waals surface area contributed by atoms with Crippen molar-refractivity contribution in [2.45, 2.75) is 38.8 Å². The summed E-state index contributed by atoms with van der Waals surface area (Å²) in [6, 6.07) is 4.10. The Morgan fingerprint density at radius 3 is 2.58 bits per heavy atom. The van der Waals surface area contributed by atoms with E-state index in [4.69, 9.17) is 0 Å². The molecule has 1 atom stereocenters. The summed E-state index contributed by atoms with van der Waals surface area (Å²) in [7, 11) is 0. The number of hydrogen-bond acceptors (Lipinski definition) is 3. The van der Waals surface area contributed by atoms with Crippen molar-refractivity contribution in [3.05, 3.63) is 29.8 Å². The summed E-state index contributed by atoms with van der Waals surface area (Å²) in [5.41, 5.74) is 3.63. The van der Waals surface area contributed by atoms with Crippen LogP contribution in [0.15, 0.2) is 24.3 Å². The first kappa shape index (κ1) is 12.1. The Morgan fingerprint density at radius 2 is 1.89 bits per heavy atom. The molecule has 3 rings (SSSR count). The van der Waals surface area contributed by atoms with Crippen LogP contribution in [-0.2, 0) is 10.2 Å². The van der Waals surface area contributed by atoms with Crippen LogP contribution < -0.4 is 16.0 Å². The van der Waals surface area contributed by atoms with Crippen LogP contribution in [0.3, 0.4) is 0 Å². The second kappa shape index (κ2) is 4.02. The standard InChI is InChI=1S/C15H19N3O/c1-4-5-6-13-16-11-7-9-10(8-12(11)17-13)18-14(19)15(9,2)3/h5-8,13,16-17H,4H2,1-3H3,(H,18,19). The zero-order valence-corrected chi connectivity index (χ0v) is 11.5. The van der Waals surface area contributed by atoms with E-state index in [-0.39, 0.29) is 12.1 Å². The maximum Gasteiger partial charge on any atom is 0.234 e. The summed E-state index contributed by atoms with van der Waals surface area (Å²) in [6.45, 7) is 6.03. The number of benzene rings is 1. The molecule has 0 spiro atoms. The van der Waals surface area contributed by atoms with Crippen LogP contribution in [0.4, 0.5) is 17.1 Å². The van der Waals surface area contributed by atoms with E-state index in [1.807, 2.05) is 19.9 Å². The fourth-order valence-electron chi connectivity index (χ4n) is 2.60. The number of allylic oxidation sites excluding steroid dienone is 1. The van der Waals surface area contributed by atoms with Gasteiger partial charge in [0.1, 0.15) is 6.17 Å². The van der Waals surface area contributed by atoms with Gasteiger partial charge in [-0.3, -0.25) is 4.79 Å². The van der Waals surface area contributed by atoms with Gasteiger partial charge in [-0.1, -0.05) is 13.0 Å². The number of carbonyl (C=O) groups is 1. The Kier molecular flexibility index (Phi) is 2.55. The lowest BCUT2D eigenvalue weighted by molar-refractivity contribution is -0.119. The smallest absolute Gasteiger partial charge is 0.234 e. The first-order chi connectivity index (χ1) is 9.02. The van der Waals surface area contributed by atoms with Crippen molar-refractivity contribution in [2.75, 3.05) is 16.0 Å². The Labute approximate surface area is 113 Å². The summed E-state index contributed by atoms with van der Waals surface area (Å²) < 4.78 is 0. The average molecular weight is 257 g/mol. The number of nitrogens with one attached hydrogen (secondary N) is 3. The molecule has 0 aliphatic carbocycles. The molecule has 4 heteroatoms. The van der Waals surface area contributed by atoms with Gasteiger partial charge in [-0.05, 0) is 44.0 Å². The molecule has 1 unspecified atom stereocenters.